The van der Waals surface area contributed by atoms with Crippen LogP contribution < -0.4 is 0 Å². The fraction of sp³-hybridized carbons (Fsp3) is 0.478. The molecule has 1 aromatic heterocycles. The minimum atomic E-state index is -0.136. The Morgan fingerprint density at radius 1 is 1.07 bits per heavy atom. The van der Waals surface area contributed by atoms with E-state index in [1.54, 1.807) is 18.1 Å². The molecule has 0 fully saturated rings. The fourth-order valence-corrected chi connectivity index (χ4v) is 3.20. The van der Waals surface area contributed by atoms with Gasteiger partial charge in [-0.3, -0.25) is 9.59 Å². The minimum absolute atomic E-state index is 0.0438. The molecule has 0 aliphatic rings. The van der Waals surface area contributed by atoms with E-state index in [2.05, 4.69) is 6.92 Å². The molecule has 0 saturated carbocycles. The lowest BCUT2D eigenvalue weighted by atomic mass is 10.1. The highest BCUT2D eigenvalue weighted by atomic mass is 16.5. The van der Waals surface area contributed by atoms with Crippen LogP contribution in [0.25, 0.3) is 0 Å². The van der Waals surface area contributed by atoms with Gasteiger partial charge in [-0.2, -0.15) is 0 Å². The van der Waals surface area contributed by atoms with Gasteiger partial charge in [-0.25, -0.2) is 0 Å². The zero-order chi connectivity index (χ0) is 21.2. The summed E-state index contributed by atoms with van der Waals surface area (Å²) in [4.78, 5) is 29.7. The van der Waals surface area contributed by atoms with E-state index in [-0.39, 0.29) is 18.4 Å². The van der Waals surface area contributed by atoms with Crippen molar-refractivity contribution in [2.45, 2.75) is 33.2 Å². The molecule has 2 aromatic rings. The van der Waals surface area contributed by atoms with Gasteiger partial charge < -0.3 is 19.1 Å². The van der Waals surface area contributed by atoms with Crippen molar-refractivity contribution < 1.29 is 14.3 Å². The molecule has 0 spiro atoms. The molecule has 0 bridgehead atoms. The normalized spacial score (nSPS) is 10.8. The number of carbonyl (C=O) groups is 2. The molecule has 0 radical (unpaired) electrons. The number of aromatic nitrogens is 1. The summed E-state index contributed by atoms with van der Waals surface area (Å²) < 4.78 is 7.20. The average Bonchev–Trinajstić information content (AvgIpc) is 3.12. The topological polar surface area (TPSA) is 54.8 Å². The molecule has 0 atom stereocenters. The van der Waals surface area contributed by atoms with Gasteiger partial charge in [-0.05, 0) is 37.1 Å². The first-order valence-electron chi connectivity index (χ1n) is 10.2. The number of carbonyl (C=O) groups excluding carboxylic acids is 2. The van der Waals surface area contributed by atoms with Crippen LogP contribution in [0.4, 0.5) is 0 Å². The van der Waals surface area contributed by atoms with Crippen molar-refractivity contribution in [3.63, 3.8) is 0 Å². The van der Waals surface area contributed by atoms with E-state index in [1.165, 1.54) is 0 Å². The van der Waals surface area contributed by atoms with Gasteiger partial charge >= 0.3 is 0 Å². The van der Waals surface area contributed by atoms with Crippen LogP contribution in [0.2, 0.25) is 0 Å². The highest BCUT2D eigenvalue weighted by molar-refractivity contribution is 5.97. The number of nitrogens with zero attached hydrogens (tertiary/aromatic N) is 3. The number of methoxy groups -OCH3 is 1. The number of rotatable bonds is 11. The predicted octanol–water partition coefficient (Wildman–Crippen LogP) is 3.25. The predicted molar refractivity (Wildman–Crippen MR) is 115 cm³/mol. The molecule has 6 heteroatoms. The van der Waals surface area contributed by atoms with Crippen molar-refractivity contribution in [2.75, 3.05) is 33.4 Å². The van der Waals surface area contributed by atoms with E-state index in [1.807, 2.05) is 60.0 Å². The van der Waals surface area contributed by atoms with E-state index in [9.17, 15) is 9.59 Å². The van der Waals surface area contributed by atoms with Crippen LogP contribution in [0.15, 0.2) is 42.6 Å². The number of aryl methyl sites for hydroxylation is 2. The Hall–Kier alpha value is -2.60. The molecule has 2 amide bonds. The van der Waals surface area contributed by atoms with E-state index in [4.69, 9.17) is 4.74 Å². The van der Waals surface area contributed by atoms with E-state index < -0.39 is 0 Å². The molecule has 1 heterocycles. The van der Waals surface area contributed by atoms with Crippen LogP contribution in [-0.2, 0) is 23.1 Å². The van der Waals surface area contributed by atoms with Gasteiger partial charge in [0.05, 0.1) is 13.2 Å². The molecule has 6 nitrogen and oxygen atoms in total. The lowest BCUT2D eigenvalue weighted by molar-refractivity contribution is -0.132. The maximum atomic E-state index is 13.2. The maximum absolute atomic E-state index is 13.2. The first kappa shape index (κ1) is 22.7. The monoisotopic (exact) mass is 399 g/mol. The van der Waals surface area contributed by atoms with Crippen LogP contribution in [0, 0.1) is 6.92 Å². The first-order chi connectivity index (χ1) is 14.0. The van der Waals surface area contributed by atoms with Crippen LogP contribution in [0.1, 0.15) is 41.4 Å². The number of benzene rings is 1. The second kappa shape index (κ2) is 11.4. The fourth-order valence-electron chi connectivity index (χ4n) is 3.20. The average molecular weight is 400 g/mol. The Morgan fingerprint density at radius 3 is 2.45 bits per heavy atom. The molecule has 29 heavy (non-hydrogen) atoms. The summed E-state index contributed by atoms with van der Waals surface area (Å²) >= 11 is 0. The largest absolute Gasteiger partial charge is 0.383 e. The Balaban J connectivity index is 2.17. The van der Waals surface area contributed by atoms with Gasteiger partial charge in [0.1, 0.15) is 6.54 Å². The Labute approximate surface area is 174 Å². The molecule has 158 valence electrons. The van der Waals surface area contributed by atoms with E-state index in [0.717, 1.165) is 24.1 Å². The SMILES string of the molecule is CCCCN(Cc1cccn1C)C(=O)CN(CCOC)C(=O)c1ccccc1C. The van der Waals surface area contributed by atoms with Crippen molar-refractivity contribution in [1.29, 1.82) is 0 Å². The molecular formula is C23H33N3O3. The lowest BCUT2D eigenvalue weighted by Gasteiger charge is -2.28. The standard InChI is InChI=1S/C23H33N3O3/c1-5-6-14-25(17-20-11-9-13-24(20)3)22(27)18-26(15-16-29-4)23(28)21-12-8-7-10-19(21)2/h7-13H,5-6,14-18H2,1-4H3. The second-order valence-electron chi connectivity index (χ2n) is 7.31. The van der Waals surface area contributed by atoms with Gasteiger partial charge in [0.25, 0.3) is 5.91 Å². The molecule has 1 aromatic carbocycles. The summed E-state index contributed by atoms with van der Waals surface area (Å²) in [7, 11) is 3.58. The summed E-state index contributed by atoms with van der Waals surface area (Å²) in [6, 6.07) is 11.5. The first-order valence-corrected chi connectivity index (χ1v) is 10.2. The maximum Gasteiger partial charge on any atom is 0.254 e. The number of hydrogen-bond acceptors (Lipinski definition) is 3. The van der Waals surface area contributed by atoms with Gasteiger partial charge in [-0.1, -0.05) is 31.5 Å². The number of hydrogen-bond donors (Lipinski definition) is 0. The minimum Gasteiger partial charge on any atom is -0.383 e. The number of amides is 2. The highest BCUT2D eigenvalue weighted by Gasteiger charge is 2.23. The third-order valence-electron chi connectivity index (χ3n) is 5.09. The van der Waals surface area contributed by atoms with Gasteiger partial charge in [0, 0.05) is 44.7 Å². The zero-order valence-corrected chi connectivity index (χ0v) is 18.1. The summed E-state index contributed by atoms with van der Waals surface area (Å²) in [6.07, 6.45) is 3.91. The molecule has 2 rings (SSSR count). The summed E-state index contributed by atoms with van der Waals surface area (Å²) in [5, 5.41) is 0. The van der Waals surface area contributed by atoms with E-state index >= 15 is 0 Å². The van der Waals surface area contributed by atoms with Crippen molar-refractivity contribution in [1.82, 2.24) is 14.4 Å². The second-order valence-corrected chi connectivity index (χ2v) is 7.31. The zero-order valence-electron chi connectivity index (χ0n) is 18.1. The summed E-state index contributed by atoms with van der Waals surface area (Å²) in [5.41, 5.74) is 2.60. The Bertz CT molecular complexity index is 800. The van der Waals surface area contributed by atoms with Crippen LogP contribution in [-0.4, -0.2) is 59.5 Å². The third kappa shape index (κ3) is 6.46. The van der Waals surface area contributed by atoms with Crippen molar-refractivity contribution in [2.24, 2.45) is 7.05 Å². The Morgan fingerprint density at radius 2 is 1.83 bits per heavy atom. The molecule has 0 N–H and O–H groups in total. The summed E-state index contributed by atoms with van der Waals surface area (Å²) in [5.74, 6) is -0.180. The number of ether oxygens (including phenoxy) is 1. The van der Waals surface area contributed by atoms with Crippen molar-refractivity contribution in [3.8, 4) is 0 Å². The van der Waals surface area contributed by atoms with E-state index in [0.29, 0.717) is 31.8 Å². The quantitative estimate of drug-likeness (QED) is 0.583. The molecule has 0 aliphatic heterocycles. The molecular weight excluding hydrogens is 366 g/mol. The third-order valence-corrected chi connectivity index (χ3v) is 5.09. The summed E-state index contributed by atoms with van der Waals surface area (Å²) in [6.45, 7) is 6.05. The highest BCUT2D eigenvalue weighted by Crippen LogP contribution is 2.13. The molecule has 0 aliphatic carbocycles. The lowest BCUT2D eigenvalue weighted by Crippen LogP contribution is -2.44. The van der Waals surface area contributed by atoms with Gasteiger partial charge in [0.2, 0.25) is 5.91 Å². The smallest absolute Gasteiger partial charge is 0.254 e. The van der Waals surface area contributed by atoms with Crippen molar-refractivity contribution in [3.05, 3.63) is 59.4 Å². The van der Waals surface area contributed by atoms with Gasteiger partial charge in [-0.15, -0.1) is 0 Å². The number of unbranched alkanes of at least 4 members (excludes halogenated alkanes) is 1. The molecule has 0 saturated heterocycles. The molecule has 0 unspecified atom stereocenters. The Kier molecular flexibility index (Phi) is 8.93. The van der Waals surface area contributed by atoms with Crippen LogP contribution in [0.3, 0.4) is 0 Å². The van der Waals surface area contributed by atoms with Crippen molar-refractivity contribution >= 4 is 11.8 Å². The van der Waals surface area contributed by atoms with Gasteiger partial charge in [0.15, 0.2) is 0 Å². The van der Waals surface area contributed by atoms with Crippen LogP contribution >= 0.6 is 0 Å². The van der Waals surface area contributed by atoms with Crippen LogP contribution in [0.5, 0.6) is 0 Å².